The van der Waals surface area contributed by atoms with Gasteiger partial charge in [0.15, 0.2) is 0 Å². The molecule has 0 amide bonds. The quantitative estimate of drug-likeness (QED) is 0.691. The van der Waals surface area contributed by atoms with Crippen molar-refractivity contribution in [3.8, 4) is 11.5 Å². The molecule has 76 valence electrons. The van der Waals surface area contributed by atoms with Crippen molar-refractivity contribution in [1.82, 2.24) is 0 Å². The van der Waals surface area contributed by atoms with Gasteiger partial charge in [-0.15, -0.1) is 0 Å². The summed E-state index contributed by atoms with van der Waals surface area (Å²) < 4.78 is 15.8. The Hall–Kier alpha value is -1.22. The normalized spacial score (nSPS) is 24.5. The molecule has 1 fully saturated rings. The smallest absolute Gasteiger partial charge is 0.125 e. The molecule has 0 radical (unpaired) electrons. The number of rotatable bonds is 3. The van der Waals surface area contributed by atoms with E-state index in [9.17, 15) is 0 Å². The average molecular weight is 194 g/mol. The molecule has 14 heavy (non-hydrogen) atoms. The molecule has 1 aliphatic heterocycles. The maximum atomic E-state index is 5.41. The number of ether oxygens (including phenoxy) is 3. The molecule has 0 bridgehead atoms. The molecule has 0 saturated carbocycles. The zero-order valence-corrected chi connectivity index (χ0v) is 8.61. The van der Waals surface area contributed by atoms with E-state index in [2.05, 4.69) is 0 Å². The highest BCUT2D eigenvalue weighted by Crippen LogP contribution is 2.43. The number of methoxy groups -OCH3 is 2. The molecule has 1 aromatic carbocycles. The summed E-state index contributed by atoms with van der Waals surface area (Å²) in [6.45, 7) is 2.05. The Bertz CT molecular complexity index is 335. The van der Waals surface area contributed by atoms with Crippen LogP contribution in [0.2, 0.25) is 0 Å². The first-order valence-electron chi connectivity index (χ1n) is 4.63. The topological polar surface area (TPSA) is 31.0 Å². The standard InChI is InChI=1S/C11H14O3/c1-7-11(14-7)9-6-8(12-2)4-5-10(9)13-3/h4-7,11H,1-3H3. The Balaban J connectivity index is 2.33. The van der Waals surface area contributed by atoms with E-state index in [1.807, 2.05) is 25.1 Å². The van der Waals surface area contributed by atoms with Crippen molar-refractivity contribution in [1.29, 1.82) is 0 Å². The molecule has 2 unspecified atom stereocenters. The SMILES string of the molecule is COc1ccc(OC)c(C2OC2C)c1. The molecular formula is C11H14O3. The van der Waals surface area contributed by atoms with E-state index in [0.29, 0.717) is 0 Å². The summed E-state index contributed by atoms with van der Waals surface area (Å²) in [5, 5.41) is 0. The van der Waals surface area contributed by atoms with Gasteiger partial charge in [0.05, 0.1) is 20.3 Å². The summed E-state index contributed by atoms with van der Waals surface area (Å²) in [7, 11) is 3.32. The van der Waals surface area contributed by atoms with Crippen LogP contribution in [0.4, 0.5) is 0 Å². The molecule has 0 aliphatic carbocycles. The van der Waals surface area contributed by atoms with Crippen molar-refractivity contribution >= 4 is 0 Å². The Morgan fingerprint density at radius 2 is 1.93 bits per heavy atom. The summed E-state index contributed by atoms with van der Waals surface area (Å²) in [5.41, 5.74) is 1.07. The predicted molar refractivity (Wildman–Crippen MR) is 52.8 cm³/mol. The van der Waals surface area contributed by atoms with E-state index in [0.717, 1.165) is 17.1 Å². The van der Waals surface area contributed by atoms with Crippen LogP contribution in [0, 0.1) is 0 Å². The van der Waals surface area contributed by atoms with Crippen LogP contribution in [-0.2, 0) is 4.74 Å². The van der Waals surface area contributed by atoms with E-state index >= 15 is 0 Å². The molecule has 3 heteroatoms. The van der Waals surface area contributed by atoms with Gasteiger partial charge >= 0.3 is 0 Å². The van der Waals surface area contributed by atoms with Crippen molar-refractivity contribution in [2.45, 2.75) is 19.1 Å². The third kappa shape index (κ3) is 1.55. The van der Waals surface area contributed by atoms with E-state index < -0.39 is 0 Å². The van der Waals surface area contributed by atoms with Gasteiger partial charge in [-0.25, -0.2) is 0 Å². The highest BCUT2D eigenvalue weighted by atomic mass is 16.6. The lowest BCUT2D eigenvalue weighted by Gasteiger charge is -2.08. The zero-order valence-electron chi connectivity index (χ0n) is 8.61. The second-order valence-electron chi connectivity index (χ2n) is 3.37. The van der Waals surface area contributed by atoms with Crippen molar-refractivity contribution < 1.29 is 14.2 Å². The minimum absolute atomic E-state index is 0.167. The predicted octanol–water partition coefficient (Wildman–Crippen LogP) is 2.16. The molecule has 0 spiro atoms. The fraction of sp³-hybridized carbons (Fsp3) is 0.455. The summed E-state index contributed by atoms with van der Waals surface area (Å²) in [6.07, 6.45) is 0.455. The summed E-state index contributed by atoms with van der Waals surface area (Å²) >= 11 is 0. The number of hydrogen-bond donors (Lipinski definition) is 0. The van der Waals surface area contributed by atoms with Gasteiger partial charge in [0.25, 0.3) is 0 Å². The third-order valence-corrected chi connectivity index (χ3v) is 2.45. The Labute approximate surface area is 83.6 Å². The largest absolute Gasteiger partial charge is 0.497 e. The van der Waals surface area contributed by atoms with E-state index in [4.69, 9.17) is 14.2 Å². The Kier molecular flexibility index (Phi) is 2.33. The van der Waals surface area contributed by atoms with Gasteiger partial charge in [0.1, 0.15) is 17.6 Å². The van der Waals surface area contributed by atoms with Crippen LogP contribution in [0.3, 0.4) is 0 Å². The molecule has 1 aliphatic rings. The molecule has 0 aromatic heterocycles. The Morgan fingerprint density at radius 3 is 2.43 bits per heavy atom. The fourth-order valence-electron chi connectivity index (χ4n) is 1.57. The molecule has 1 saturated heterocycles. The number of benzene rings is 1. The van der Waals surface area contributed by atoms with Crippen LogP contribution in [-0.4, -0.2) is 20.3 Å². The first kappa shape index (κ1) is 9.34. The Morgan fingerprint density at radius 1 is 1.21 bits per heavy atom. The number of hydrogen-bond acceptors (Lipinski definition) is 3. The summed E-state index contributed by atoms with van der Waals surface area (Å²) in [5.74, 6) is 1.70. The highest BCUT2D eigenvalue weighted by Gasteiger charge is 2.38. The average Bonchev–Trinajstić information content (AvgIpc) is 2.94. The second-order valence-corrected chi connectivity index (χ2v) is 3.37. The maximum absolute atomic E-state index is 5.41. The first-order chi connectivity index (χ1) is 6.76. The van der Waals surface area contributed by atoms with Gasteiger partial charge in [-0.05, 0) is 25.1 Å². The molecule has 0 N–H and O–H groups in total. The lowest BCUT2D eigenvalue weighted by Crippen LogP contribution is -1.93. The minimum Gasteiger partial charge on any atom is -0.497 e. The van der Waals surface area contributed by atoms with Crippen LogP contribution < -0.4 is 9.47 Å². The lowest BCUT2D eigenvalue weighted by atomic mass is 10.1. The fourth-order valence-corrected chi connectivity index (χ4v) is 1.57. The van der Waals surface area contributed by atoms with Crippen LogP contribution in [0.5, 0.6) is 11.5 Å². The second kappa shape index (κ2) is 3.50. The highest BCUT2D eigenvalue weighted by molar-refractivity contribution is 5.43. The van der Waals surface area contributed by atoms with Gasteiger partial charge in [-0.2, -0.15) is 0 Å². The van der Waals surface area contributed by atoms with Gasteiger partial charge in [-0.1, -0.05) is 0 Å². The third-order valence-electron chi connectivity index (χ3n) is 2.45. The van der Waals surface area contributed by atoms with Gasteiger partial charge in [0, 0.05) is 5.56 Å². The molecule has 2 rings (SSSR count). The first-order valence-corrected chi connectivity index (χ1v) is 4.63. The molecule has 1 aromatic rings. The molecule has 2 atom stereocenters. The summed E-state index contributed by atoms with van der Waals surface area (Å²) in [4.78, 5) is 0. The van der Waals surface area contributed by atoms with Crippen molar-refractivity contribution in [2.24, 2.45) is 0 Å². The molecule has 1 heterocycles. The van der Waals surface area contributed by atoms with Crippen LogP contribution in [0.1, 0.15) is 18.6 Å². The van der Waals surface area contributed by atoms with E-state index in [1.54, 1.807) is 14.2 Å². The number of epoxide rings is 1. The molecule has 3 nitrogen and oxygen atoms in total. The van der Waals surface area contributed by atoms with Gasteiger partial charge in [0.2, 0.25) is 0 Å². The van der Waals surface area contributed by atoms with Crippen LogP contribution >= 0.6 is 0 Å². The van der Waals surface area contributed by atoms with Crippen LogP contribution in [0.15, 0.2) is 18.2 Å². The van der Waals surface area contributed by atoms with Crippen molar-refractivity contribution in [3.05, 3.63) is 23.8 Å². The van der Waals surface area contributed by atoms with E-state index in [-0.39, 0.29) is 12.2 Å². The molecular weight excluding hydrogens is 180 g/mol. The van der Waals surface area contributed by atoms with E-state index in [1.165, 1.54) is 0 Å². The summed E-state index contributed by atoms with van der Waals surface area (Å²) in [6, 6.07) is 5.75. The van der Waals surface area contributed by atoms with Gasteiger partial charge in [-0.3, -0.25) is 0 Å². The monoisotopic (exact) mass is 194 g/mol. The zero-order chi connectivity index (χ0) is 10.1. The van der Waals surface area contributed by atoms with Crippen molar-refractivity contribution in [2.75, 3.05) is 14.2 Å². The van der Waals surface area contributed by atoms with Crippen LogP contribution in [0.25, 0.3) is 0 Å². The van der Waals surface area contributed by atoms with Gasteiger partial charge < -0.3 is 14.2 Å². The lowest BCUT2D eigenvalue weighted by molar-refractivity contribution is 0.364. The maximum Gasteiger partial charge on any atom is 0.125 e. The minimum atomic E-state index is 0.167. The van der Waals surface area contributed by atoms with Crippen molar-refractivity contribution in [3.63, 3.8) is 0 Å².